The monoisotopic (exact) mass is 522 g/mol. The van der Waals surface area contributed by atoms with Gasteiger partial charge in [0.15, 0.2) is 5.96 Å². The van der Waals surface area contributed by atoms with E-state index in [9.17, 15) is 4.79 Å². The van der Waals surface area contributed by atoms with E-state index >= 15 is 0 Å². The molecule has 162 valence electrons. The molecule has 7 nitrogen and oxygen atoms in total. The molecular formula is C22H31IN6O. The number of nitrogens with one attached hydrogen (secondary N) is 2. The summed E-state index contributed by atoms with van der Waals surface area (Å²) in [6.45, 7) is 3.90. The fourth-order valence-electron chi connectivity index (χ4n) is 3.61. The molecule has 1 saturated heterocycles. The number of pyridine rings is 1. The topological polar surface area (TPSA) is 95.6 Å². The van der Waals surface area contributed by atoms with E-state index in [0.29, 0.717) is 13.1 Å². The Morgan fingerprint density at radius 3 is 2.73 bits per heavy atom. The number of aliphatic imine (C=N–C) groups is 1. The molecule has 3 rings (SSSR count). The van der Waals surface area contributed by atoms with Gasteiger partial charge in [0, 0.05) is 32.9 Å². The van der Waals surface area contributed by atoms with Crippen molar-refractivity contribution in [3.8, 4) is 0 Å². The number of likely N-dealkylation sites (tertiary alicyclic amines) is 1. The summed E-state index contributed by atoms with van der Waals surface area (Å²) in [5.74, 6) is 0.528. The summed E-state index contributed by atoms with van der Waals surface area (Å²) in [5, 5.41) is 6.62. The highest BCUT2D eigenvalue weighted by molar-refractivity contribution is 14.0. The fourth-order valence-corrected chi connectivity index (χ4v) is 3.61. The predicted molar refractivity (Wildman–Crippen MR) is 130 cm³/mol. The third-order valence-electron chi connectivity index (χ3n) is 5.15. The first-order chi connectivity index (χ1) is 14.1. The van der Waals surface area contributed by atoms with Crippen molar-refractivity contribution in [3.63, 3.8) is 0 Å². The second-order valence-corrected chi connectivity index (χ2v) is 7.40. The quantitative estimate of drug-likeness (QED) is 0.295. The molecule has 0 aliphatic carbocycles. The minimum atomic E-state index is -0.183. The van der Waals surface area contributed by atoms with E-state index in [-0.39, 0.29) is 35.8 Å². The molecule has 1 unspecified atom stereocenters. The van der Waals surface area contributed by atoms with Gasteiger partial charge in [-0.25, -0.2) is 0 Å². The number of nitrogens with zero attached hydrogens (tertiary/aromatic N) is 3. The van der Waals surface area contributed by atoms with Crippen LogP contribution in [0, 0.1) is 5.92 Å². The first-order valence-electron chi connectivity index (χ1n) is 10.1. The maximum atomic E-state index is 11.5. The Morgan fingerprint density at radius 2 is 2.00 bits per heavy atom. The molecule has 2 aromatic rings. The first kappa shape index (κ1) is 24.1. The molecule has 8 heteroatoms. The number of piperidine rings is 1. The third-order valence-corrected chi connectivity index (χ3v) is 5.15. The molecule has 1 aromatic carbocycles. The average molecular weight is 522 g/mol. The van der Waals surface area contributed by atoms with E-state index < -0.39 is 0 Å². The van der Waals surface area contributed by atoms with Crippen LogP contribution in [-0.4, -0.2) is 41.9 Å². The van der Waals surface area contributed by atoms with Crippen LogP contribution in [0.2, 0.25) is 0 Å². The summed E-state index contributed by atoms with van der Waals surface area (Å²) >= 11 is 0. The van der Waals surface area contributed by atoms with Crippen molar-refractivity contribution in [1.29, 1.82) is 0 Å². The summed E-state index contributed by atoms with van der Waals surface area (Å²) in [5.41, 5.74) is 8.89. The Kier molecular flexibility index (Phi) is 10.0. The van der Waals surface area contributed by atoms with Crippen molar-refractivity contribution in [2.24, 2.45) is 16.6 Å². The average Bonchev–Trinajstić information content (AvgIpc) is 2.75. The number of carbonyl (C=O) groups excluding carboxylic acids is 1. The number of benzene rings is 1. The number of halogens is 1. The van der Waals surface area contributed by atoms with Gasteiger partial charge in [0.25, 0.3) is 0 Å². The van der Waals surface area contributed by atoms with Gasteiger partial charge in [0.05, 0.1) is 18.2 Å². The van der Waals surface area contributed by atoms with Crippen LogP contribution in [0.4, 0.5) is 0 Å². The zero-order valence-corrected chi connectivity index (χ0v) is 19.7. The lowest BCUT2D eigenvalue weighted by Gasteiger charge is -2.31. The lowest BCUT2D eigenvalue weighted by Crippen LogP contribution is -2.40. The molecule has 0 saturated carbocycles. The molecule has 0 radical (unpaired) electrons. The first-order valence-corrected chi connectivity index (χ1v) is 10.1. The molecule has 0 bridgehead atoms. The summed E-state index contributed by atoms with van der Waals surface area (Å²) in [6, 6.07) is 14.4. The van der Waals surface area contributed by atoms with Crippen LogP contribution in [-0.2, 0) is 24.4 Å². The summed E-state index contributed by atoms with van der Waals surface area (Å²) in [7, 11) is 1.76. The maximum Gasteiger partial charge on any atom is 0.221 e. The van der Waals surface area contributed by atoms with Crippen LogP contribution in [0.3, 0.4) is 0 Å². The third kappa shape index (κ3) is 7.56. The van der Waals surface area contributed by atoms with Crippen LogP contribution < -0.4 is 16.4 Å². The van der Waals surface area contributed by atoms with Gasteiger partial charge in [-0.1, -0.05) is 30.3 Å². The van der Waals surface area contributed by atoms with E-state index in [1.54, 1.807) is 13.2 Å². The predicted octanol–water partition coefficient (Wildman–Crippen LogP) is 2.26. The number of carbonyl (C=O) groups is 1. The second-order valence-electron chi connectivity index (χ2n) is 7.40. The normalized spacial score (nSPS) is 17.1. The zero-order valence-electron chi connectivity index (χ0n) is 17.4. The van der Waals surface area contributed by atoms with Gasteiger partial charge < -0.3 is 16.4 Å². The highest BCUT2D eigenvalue weighted by Crippen LogP contribution is 2.18. The van der Waals surface area contributed by atoms with Gasteiger partial charge in [0.1, 0.15) is 0 Å². The largest absolute Gasteiger partial charge is 0.369 e. The van der Waals surface area contributed by atoms with Crippen molar-refractivity contribution in [1.82, 2.24) is 20.5 Å². The van der Waals surface area contributed by atoms with Gasteiger partial charge in [0.2, 0.25) is 5.91 Å². The van der Waals surface area contributed by atoms with Crippen molar-refractivity contribution >= 4 is 35.8 Å². The van der Waals surface area contributed by atoms with Crippen LogP contribution in [0.15, 0.2) is 53.7 Å². The number of rotatable bonds is 7. The Balaban J connectivity index is 0.00000320. The fraction of sp³-hybridized carbons (Fsp3) is 0.409. The van der Waals surface area contributed by atoms with E-state index in [0.717, 1.165) is 44.1 Å². The van der Waals surface area contributed by atoms with Crippen LogP contribution in [0.25, 0.3) is 0 Å². The van der Waals surface area contributed by atoms with Crippen LogP contribution in [0.5, 0.6) is 0 Å². The van der Waals surface area contributed by atoms with Gasteiger partial charge in [-0.3, -0.25) is 19.7 Å². The van der Waals surface area contributed by atoms with Gasteiger partial charge in [-0.05, 0) is 42.6 Å². The maximum absolute atomic E-state index is 11.5. The van der Waals surface area contributed by atoms with Gasteiger partial charge in [-0.15, -0.1) is 24.0 Å². The number of hydrogen-bond donors (Lipinski definition) is 3. The van der Waals surface area contributed by atoms with E-state index in [4.69, 9.17) is 5.73 Å². The lowest BCUT2D eigenvalue weighted by atomic mass is 9.97. The van der Waals surface area contributed by atoms with E-state index in [2.05, 4.69) is 49.8 Å². The van der Waals surface area contributed by atoms with Crippen molar-refractivity contribution in [3.05, 3.63) is 65.5 Å². The molecule has 2 heterocycles. The number of hydrogen-bond acceptors (Lipinski definition) is 4. The molecule has 30 heavy (non-hydrogen) atoms. The molecule has 1 aliphatic heterocycles. The van der Waals surface area contributed by atoms with Gasteiger partial charge >= 0.3 is 0 Å². The molecule has 1 aromatic heterocycles. The SMILES string of the molecule is CN=C(NCc1cccc(CN2CCCC(C(N)=O)C2)c1)NCc1ccccn1.I. The number of amides is 1. The number of primary amides is 1. The van der Waals surface area contributed by atoms with Crippen molar-refractivity contribution in [2.75, 3.05) is 20.1 Å². The standard InChI is InChI=1S/C22H30N6O.HI/c1-24-22(27-14-20-9-2-3-10-25-20)26-13-17-6-4-7-18(12-17)15-28-11-5-8-19(16-28)21(23)29;/h2-4,6-7,9-10,12,19H,5,8,11,13-16H2,1H3,(H2,23,29)(H2,24,26,27);1H. The van der Waals surface area contributed by atoms with Gasteiger partial charge in [-0.2, -0.15) is 0 Å². The molecule has 0 spiro atoms. The molecule has 4 N–H and O–H groups in total. The Hall–Kier alpha value is -2.20. The molecule has 1 atom stereocenters. The van der Waals surface area contributed by atoms with Crippen molar-refractivity contribution in [2.45, 2.75) is 32.5 Å². The summed E-state index contributed by atoms with van der Waals surface area (Å²) < 4.78 is 0. The number of guanidine groups is 1. The molecular weight excluding hydrogens is 491 g/mol. The number of aromatic nitrogens is 1. The summed E-state index contributed by atoms with van der Waals surface area (Å²) in [6.07, 6.45) is 3.71. The van der Waals surface area contributed by atoms with Crippen LogP contribution >= 0.6 is 24.0 Å². The molecule has 1 fully saturated rings. The highest BCUT2D eigenvalue weighted by atomic mass is 127. The molecule has 1 amide bonds. The van der Waals surface area contributed by atoms with Crippen LogP contribution in [0.1, 0.15) is 29.7 Å². The highest BCUT2D eigenvalue weighted by Gasteiger charge is 2.23. The minimum absolute atomic E-state index is 0. The summed E-state index contributed by atoms with van der Waals surface area (Å²) in [4.78, 5) is 22.4. The second kappa shape index (κ2) is 12.5. The Morgan fingerprint density at radius 1 is 1.20 bits per heavy atom. The Labute approximate surface area is 195 Å². The van der Waals surface area contributed by atoms with E-state index in [1.165, 1.54) is 11.1 Å². The molecule has 1 aliphatic rings. The smallest absolute Gasteiger partial charge is 0.221 e. The zero-order chi connectivity index (χ0) is 20.5. The number of nitrogens with two attached hydrogens (primary N) is 1. The van der Waals surface area contributed by atoms with E-state index in [1.807, 2.05) is 18.2 Å². The Bertz CT molecular complexity index is 829. The van der Waals surface area contributed by atoms with Crippen molar-refractivity contribution < 1.29 is 4.79 Å². The minimum Gasteiger partial charge on any atom is -0.369 e. The lowest BCUT2D eigenvalue weighted by molar-refractivity contribution is -0.123.